The van der Waals surface area contributed by atoms with Crippen LogP contribution in [0.3, 0.4) is 0 Å². The number of aromatic nitrogens is 3. The first-order valence-corrected chi connectivity index (χ1v) is 9.98. The van der Waals surface area contributed by atoms with Crippen LogP contribution in [0.4, 0.5) is 0 Å². The molecular weight excluding hydrogens is 372 g/mol. The summed E-state index contributed by atoms with van der Waals surface area (Å²) in [5.74, 6) is 0.877. The molecule has 0 aliphatic carbocycles. The molecule has 1 fully saturated rings. The molecule has 1 aliphatic heterocycles. The van der Waals surface area contributed by atoms with E-state index >= 15 is 0 Å². The maximum Gasteiger partial charge on any atom is 0.266 e. The lowest BCUT2D eigenvalue weighted by Crippen LogP contribution is -2.47. The van der Waals surface area contributed by atoms with Crippen LogP contribution in [0.5, 0.6) is 0 Å². The van der Waals surface area contributed by atoms with Crippen LogP contribution in [-0.4, -0.2) is 45.2 Å². The van der Waals surface area contributed by atoms with Gasteiger partial charge in [-0.1, -0.05) is 11.2 Å². The Labute approximate surface area is 158 Å². The summed E-state index contributed by atoms with van der Waals surface area (Å²) >= 11 is 3.04. The van der Waals surface area contributed by atoms with Gasteiger partial charge in [-0.25, -0.2) is 4.98 Å². The second-order valence-electron chi connectivity index (χ2n) is 6.11. The Hall–Kier alpha value is -2.10. The van der Waals surface area contributed by atoms with Gasteiger partial charge in [-0.05, 0) is 32.2 Å². The SMILES string of the molecule is Cc1noc([C@@H]2[C@@H](C)OCCN2C(=O)c2sc(-c3cccs3)nc2C)n1. The minimum absolute atomic E-state index is 0.0705. The van der Waals surface area contributed by atoms with Crippen LogP contribution >= 0.6 is 22.7 Å². The van der Waals surface area contributed by atoms with Crippen molar-refractivity contribution in [3.8, 4) is 9.88 Å². The number of hydrogen-bond donors (Lipinski definition) is 0. The van der Waals surface area contributed by atoms with Gasteiger partial charge in [-0.15, -0.1) is 22.7 Å². The molecule has 0 saturated carbocycles. The summed E-state index contributed by atoms with van der Waals surface area (Å²) in [6, 6.07) is 3.59. The second-order valence-corrected chi connectivity index (χ2v) is 8.06. The molecule has 1 aliphatic rings. The van der Waals surface area contributed by atoms with Crippen LogP contribution in [-0.2, 0) is 4.74 Å². The number of aryl methyl sites for hydroxylation is 2. The zero-order chi connectivity index (χ0) is 18.3. The average molecular weight is 390 g/mol. The predicted molar refractivity (Wildman–Crippen MR) is 98.4 cm³/mol. The number of ether oxygens (including phenoxy) is 1. The lowest BCUT2D eigenvalue weighted by atomic mass is 10.1. The van der Waals surface area contributed by atoms with E-state index in [1.54, 1.807) is 23.2 Å². The number of thiazole rings is 1. The molecule has 9 heteroatoms. The lowest BCUT2D eigenvalue weighted by Gasteiger charge is -2.37. The first kappa shape index (κ1) is 17.3. The number of hydrogen-bond acceptors (Lipinski definition) is 8. The molecule has 0 bridgehead atoms. The fraction of sp³-hybridized carbons (Fsp3) is 0.412. The molecule has 0 spiro atoms. The molecule has 136 valence electrons. The number of morpholine rings is 1. The van der Waals surface area contributed by atoms with Crippen LogP contribution in [0.2, 0.25) is 0 Å². The van der Waals surface area contributed by atoms with Gasteiger partial charge in [-0.2, -0.15) is 4.98 Å². The maximum absolute atomic E-state index is 13.3. The molecule has 3 aromatic rings. The summed E-state index contributed by atoms with van der Waals surface area (Å²) in [5, 5.41) is 6.73. The lowest BCUT2D eigenvalue weighted by molar-refractivity contribution is -0.0599. The van der Waals surface area contributed by atoms with E-state index in [-0.39, 0.29) is 12.0 Å². The Bertz CT molecular complexity index is 918. The van der Waals surface area contributed by atoms with Crippen molar-refractivity contribution >= 4 is 28.6 Å². The molecule has 26 heavy (non-hydrogen) atoms. The summed E-state index contributed by atoms with van der Waals surface area (Å²) in [4.78, 5) is 25.7. The molecule has 0 unspecified atom stereocenters. The highest BCUT2D eigenvalue weighted by molar-refractivity contribution is 7.22. The van der Waals surface area contributed by atoms with Crippen LogP contribution in [0, 0.1) is 13.8 Å². The molecule has 1 amide bonds. The van der Waals surface area contributed by atoms with Gasteiger partial charge < -0.3 is 14.2 Å². The average Bonchev–Trinajstić information content (AvgIpc) is 3.34. The van der Waals surface area contributed by atoms with Gasteiger partial charge in [-0.3, -0.25) is 4.79 Å². The van der Waals surface area contributed by atoms with Crippen molar-refractivity contribution in [1.82, 2.24) is 20.0 Å². The normalized spacial score (nSPS) is 20.5. The fourth-order valence-electron chi connectivity index (χ4n) is 3.05. The molecule has 3 aromatic heterocycles. The van der Waals surface area contributed by atoms with Crippen LogP contribution < -0.4 is 0 Å². The van der Waals surface area contributed by atoms with Gasteiger partial charge in [0.15, 0.2) is 5.82 Å². The highest BCUT2D eigenvalue weighted by Crippen LogP contribution is 2.35. The van der Waals surface area contributed by atoms with Crippen molar-refractivity contribution < 1.29 is 14.1 Å². The third-order valence-corrected chi connectivity index (χ3v) is 6.46. The molecule has 7 nitrogen and oxygen atoms in total. The smallest absolute Gasteiger partial charge is 0.266 e. The first-order valence-electron chi connectivity index (χ1n) is 8.28. The number of carbonyl (C=O) groups excluding carboxylic acids is 1. The van der Waals surface area contributed by atoms with Crippen LogP contribution in [0.15, 0.2) is 22.0 Å². The number of thiophene rings is 1. The van der Waals surface area contributed by atoms with Gasteiger partial charge >= 0.3 is 0 Å². The quantitative estimate of drug-likeness (QED) is 0.681. The Kier molecular flexibility index (Phi) is 4.60. The summed E-state index contributed by atoms with van der Waals surface area (Å²) in [7, 11) is 0. The third-order valence-electron chi connectivity index (χ3n) is 4.27. The van der Waals surface area contributed by atoms with Crippen molar-refractivity contribution in [3.05, 3.63) is 39.8 Å². The minimum atomic E-state index is -0.399. The van der Waals surface area contributed by atoms with Crippen molar-refractivity contribution in [2.45, 2.75) is 32.9 Å². The van der Waals surface area contributed by atoms with Crippen molar-refractivity contribution in [1.29, 1.82) is 0 Å². The maximum atomic E-state index is 13.3. The summed E-state index contributed by atoms with van der Waals surface area (Å²) in [6.07, 6.45) is -0.224. The van der Waals surface area contributed by atoms with E-state index in [1.165, 1.54) is 11.3 Å². The van der Waals surface area contributed by atoms with Crippen LogP contribution in [0.1, 0.15) is 40.0 Å². The third kappa shape index (κ3) is 3.06. The number of amides is 1. The van der Waals surface area contributed by atoms with E-state index in [9.17, 15) is 4.79 Å². The Morgan fingerprint density at radius 1 is 1.35 bits per heavy atom. The molecular formula is C17H18N4O3S2. The molecule has 1 saturated heterocycles. The molecule has 0 radical (unpaired) electrons. The zero-order valence-electron chi connectivity index (χ0n) is 14.6. The van der Waals surface area contributed by atoms with Gasteiger partial charge in [0.2, 0.25) is 0 Å². The Balaban J connectivity index is 1.68. The van der Waals surface area contributed by atoms with Gasteiger partial charge in [0.25, 0.3) is 11.8 Å². The number of nitrogens with zero attached hydrogens (tertiary/aromatic N) is 4. The summed E-state index contributed by atoms with van der Waals surface area (Å²) in [6.45, 7) is 6.50. The largest absolute Gasteiger partial charge is 0.374 e. The molecule has 0 N–H and O–H groups in total. The van der Waals surface area contributed by atoms with Crippen molar-refractivity contribution in [3.63, 3.8) is 0 Å². The minimum Gasteiger partial charge on any atom is -0.374 e. The number of rotatable bonds is 3. The highest BCUT2D eigenvalue weighted by Gasteiger charge is 2.39. The first-order chi connectivity index (χ1) is 12.5. The Morgan fingerprint density at radius 2 is 2.19 bits per heavy atom. The predicted octanol–water partition coefficient (Wildman–Crippen LogP) is 3.47. The van der Waals surface area contributed by atoms with E-state index in [2.05, 4.69) is 15.1 Å². The highest BCUT2D eigenvalue weighted by atomic mass is 32.1. The molecule has 4 rings (SSSR count). The standard InChI is InChI=1S/C17H18N4O3S2/c1-9-14(26-16(18-9)12-5-4-8-25-12)17(22)21-6-7-23-10(2)13(21)15-19-11(3)20-24-15/h4-5,8,10,13H,6-7H2,1-3H3/t10-,13+/m1/s1. The van der Waals surface area contributed by atoms with E-state index in [1.807, 2.05) is 31.4 Å². The van der Waals surface area contributed by atoms with Gasteiger partial charge in [0.1, 0.15) is 15.9 Å². The monoisotopic (exact) mass is 390 g/mol. The van der Waals surface area contributed by atoms with Gasteiger partial charge in [0.05, 0.1) is 23.3 Å². The zero-order valence-corrected chi connectivity index (χ0v) is 16.3. The molecule has 4 heterocycles. The second kappa shape index (κ2) is 6.90. The summed E-state index contributed by atoms with van der Waals surface area (Å²) in [5.41, 5.74) is 0.739. The number of carbonyl (C=O) groups is 1. The van der Waals surface area contributed by atoms with E-state index in [4.69, 9.17) is 9.26 Å². The molecule has 2 atom stereocenters. The van der Waals surface area contributed by atoms with Crippen LogP contribution in [0.25, 0.3) is 9.88 Å². The van der Waals surface area contributed by atoms with E-state index < -0.39 is 6.04 Å². The van der Waals surface area contributed by atoms with Gasteiger partial charge in [0, 0.05) is 6.54 Å². The Morgan fingerprint density at radius 3 is 2.88 bits per heavy atom. The summed E-state index contributed by atoms with van der Waals surface area (Å²) < 4.78 is 11.1. The topological polar surface area (TPSA) is 81.4 Å². The van der Waals surface area contributed by atoms with Crippen molar-refractivity contribution in [2.24, 2.45) is 0 Å². The van der Waals surface area contributed by atoms with E-state index in [0.717, 1.165) is 15.6 Å². The fourth-order valence-corrected chi connectivity index (χ4v) is 4.87. The molecule has 0 aromatic carbocycles. The van der Waals surface area contributed by atoms with E-state index in [0.29, 0.717) is 29.7 Å². The van der Waals surface area contributed by atoms with Crippen molar-refractivity contribution in [2.75, 3.05) is 13.2 Å².